The molecule has 0 atom stereocenters. The van der Waals surface area contributed by atoms with E-state index in [0.717, 1.165) is 49.8 Å². The third kappa shape index (κ3) is 4.77. The van der Waals surface area contributed by atoms with Crippen LogP contribution in [0.3, 0.4) is 0 Å². The van der Waals surface area contributed by atoms with Crippen LogP contribution in [0.25, 0.3) is 21.5 Å². The van der Waals surface area contributed by atoms with E-state index in [9.17, 15) is 21.6 Å². The largest absolute Gasteiger partial charge is 0.435 e. The van der Waals surface area contributed by atoms with Gasteiger partial charge in [0.05, 0.1) is 28.0 Å². The summed E-state index contributed by atoms with van der Waals surface area (Å²) in [5.74, 6) is 0.650. The molecule has 8 nitrogen and oxygen atoms in total. The van der Waals surface area contributed by atoms with Crippen molar-refractivity contribution in [2.75, 3.05) is 11.9 Å². The van der Waals surface area contributed by atoms with Gasteiger partial charge in [0.25, 0.3) is 10.0 Å². The van der Waals surface area contributed by atoms with Crippen LogP contribution in [0.4, 0.5) is 24.7 Å². The van der Waals surface area contributed by atoms with Crippen molar-refractivity contribution in [1.29, 1.82) is 0 Å². The zero-order valence-electron chi connectivity index (χ0n) is 20.5. The summed E-state index contributed by atoms with van der Waals surface area (Å²) in [4.78, 5) is 9.34. The van der Waals surface area contributed by atoms with Gasteiger partial charge < -0.3 is 5.32 Å². The Morgan fingerprint density at radius 3 is 2.67 bits per heavy atom. The Kier molecular flexibility index (Phi) is 6.16. The Labute approximate surface area is 225 Å². The molecule has 5 heterocycles. The molecule has 13 heteroatoms. The van der Waals surface area contributed by atoms with Gasteiger partial charge in [0, 0.05) is 37.3 Å². The molecule has 0 unspecified atom stereocenters. The molecule has 0 aliphatic carbocycles. The first-order chi connectivity index (χ1) is 18.6. The van der Waals surface area contributed by atoms with Gasteiger partial charge in [0.2, 0.25) is 0 Å². The molecule has 0 fully saturated rings. The number of pyridine rings is 2. The molecule has 1 aliphatic heterocycles. The van der Waals surface area contributed by atoms with E-state index in [2.05, 4.69) is 20.4 Å². The van der Waals surface area contributed by atoms with Gasteiger partial charge in [0.15, 0.2) is 5.69 Å². The number of nitrogens with zero attached hydrogens (tertiary/aromatic N) is 5. The zero-order chi connectivity index (χ0) is 27.4. The van der Waals surface area contributed by atoms with Gasteiger partial charge in [-0.25, -0.2) is 13.4 Å². The van der Waals surface area contributed by atoms with E-state index < -0.39 is 21.9 Å². The van der Waals surface area contributed by atoms with Gasteiger partial charge in [-0.05, 0) is 48.4 Å². The Hall–Kier alpha value is -3.81. The monoisotopic (exact) mass is 570 g/mol. The average Bonchev–Trinajstić information content (AvgIpc) is 3.56. The molecule has 0 saturated carbocycles. The molecule has 1 aromatic carbocycles. The molecule has 6 rings (SSSR count). The quantitative estimate of drug-likeness (QED) is 0.296. The molecule has 200 valence electrons. The number of thiophene rings is 1. The van der Waals surface area contributed by atoms with Crippen molar-refractivity contribution in [2.45, 2.75) is 23.4 Å². The summed E-state index contributed by atoms with van der Waals surface area (Å²) in [6.45, 7) is 0.394. The van der Waals surface area contributed by atoms with Crippen LogP contribution in [0.1, 0.15) is 16.8 Å². The number of benzene rings is 1. The lowest BCUT2D eigenvalue weighted by Gasteiger charge is -2.28. The Morgan fingerprint density at radius 2 is 1.87 bits per heavy atom. The highest BCUT2D eigenvalue weighted by Gasteiger charge is 2.35. The summed E-state index contributed by atoms with van der Waals surface area (Å²) in [6.07, 6.45) is -0.773. The number of halogens is 3. The van der Waals surface area contributed by atoms with Gasteiger partial charge in [-0.15, -0.1) is 11.3 Å². The fourth-order valence-electron chi connectivity index (χ4n) is 4.61. The molecule has 5 aromatic rings. The van der Waals surface area contributed by atoms with Crippen molar-refractivity contribution in [3.05, 3.63) is 83.8 Å². The van der Waals surface area contributed by atoms with E-state index >= 15 is 0 Å². The highest BCUT2D eigenvalue weighted by molar-refractivity contribution is 7.91. The van der Waals surface area contributed by atoms with E-state index in [1.54, 1.807) is 18.5 Å². The number of sulfonamides is 1. The van der Waals surface area contributed by atoms with E-state index in [1.165, 1.54) is 23.5 Å². The standard InChI is InChI=1S/C26H21F3N6O2S2/c1-34-21(13-23(33-34)26(27,28)29)22-6-7-24(38-22)39(36,37)35-11-9-19-17(15-35)8-10-30-25(19)32-18-12-16-4-2-3-5-20(16)31-14-18/h2-8,10,12-14H,9,11,15H2,1H3,(H,30,32). The number of hydrogen-bond donors (Lipinski definition) is 1. The summed E-state index contributed by atoms with van der Waals surface area (Å²) >= 11 is 0.922. The van der Waals surface area contributed by atoms with Gasteiger partial charge >= 0.3 is 6.18 Å². The van der Waals surface area contributed by atoms with Crippen LogP contribution >= 0.6 is 11.3 Å². The van der Waals surface area contributed by atoms with Crippen molar-refractivity contribution < 1.29 is 21.6 Å². The number of para-hydroxylation sites is 1. The van der Waals surface area contributed by atoms with Gasteiger partial charge in [-0.1, -0.05) is 18.2 Å². The maximum Gasteiger partial charge on any atom is 0.435 e. The van der Waals surface area contributed by atoms with E-state index in [0.29, 0.717) is 17.1 Å². The lowest BCUT2D eigenvalue weighted by molar-refractivity contribution is -0.141. The summed E-state index contributed by atoms with van der Waals surface area (Å²) in [6, 6.07) is 15.4. The van der Waals surface area contributed by atoms with Crippen molar-refractivity contribution in [2.24, 2.45) is 7.05 Å². The third-order valence-corrected chi connectivity index (χ3v) is 9.98. The first kappa shape index (κ1) is 25.5. The first-order valence-electron chi connectivity index (χ1n) is 11.9. The number of anilines is 2. The lowest BCUT2D eigenvalue weighted by Crippen LogP contribution is -2.36. The molecule has 39 heavy (non-hydrogen) atoms. The van der Waals surface area contributed by atoms with Crippen LogP contribution in [0, 0.1) is 0 Å². The minimum Gasteiger partial charge on any atom is -0.339 e. The molecule has 1 N–H and O–H groups in total. The predicted molar refractivity (Wildman–Crippen MR) is 142 cm³/mol. The Balaban J connectivity index is 1.24. The molecule has 1 aliphatic rings. The first-order valence-corrected chi connectivity index (χ1v) is 14.2. The number of aromatic nitrogens is 4. The second kappa shape index (κ2) is 9.43. The Morgan fingerprint density at radius 1 is 1.05 bits per heavy atom. The van der Waals surface area contributed by atoms with E-state index in [4.69, 9.17) is 0 Å². The zero-order valence-corrected chi connectivity index (χ0v) is 22.1. The highest BCUT2D eigenvalue weighted by atomic mass is 32.2. The number of rotatable bonds is 5. The maximum atomic E-state index is 13.5. The van der Waals surface area contributed by atoms with Crippen molar-refractivity contribution >= 4 is 43.8 Å². The summed E-state index contributed by atoms with van der Waals surface area (Å²) in [5, 5.41) is 7.83. The summed E-state index contributed by atoms with van der Waals surface area (Å²) in [7, 11) is -2.48. The number of fused-ring (bicyclic) bond motifs is 2. The average molecular weight is 571 g/mol. The molecular formula is C26H21F3N6O2S2. The van der Waals surface area contributed by atoms with E-state index in [1.807, 2.05) is 30.3 Å². The van der Waals surface area contributed by atoms with E-state index in [-0.39, 0.29) is 23.0 Å². The minimum absolute atomic E-state index is 0.0605. The van der Waals surface area contributed by atoms with Crippen molar-refractivity contribution in [1.82, 2.24) is 24.1 Å². The maximum absolute atomic E-state index is 13.5. The van der Waals surface area contributed by atoms with Crippen molar-refractivity contribution in [3.8, 4) is 10.6 Å². The van der Waals surface area contributed by atoms with Crippen molar-refractivity contribution in [3.63, 3.8) is 0 Å². The van der Waals surface area contributed by atoms with Gasteiger partial charge in [-0.3, -0.25) is 9.67 Å². The van der Waals surface area contributed by atoms with Crippen LogP contribution in [0.5, 0.6) is 0 Å². The number of nitrogens with one attached hydrogen (secondary N) is 1. The smallest absolute Gasteiger partial charge is 0.339 e. The molecule has 0 amide bonds. The lowest BCUT2D eigenvalue weighted by atomic mass is 10.0. The summed E-state index contributed by atoms with van der Waals surface area (Å²) in [5.41, 5.74) is 2.59. The van der Waals surface area contributed by atoms with Crippen LogP contribution in [0.2, 0.25) is 0 Å². The molecule has 4 aromatic heterocycles. The normalized spacial score (nSPS) is 14.5. The second-order valence-electron chi connectivity index (χ2n) is 9.08. The van der Waals surface area contributed by atoms with Gasteiger partial charge in [0.1, 0.15) is 10.0 Å². The fourth-order valence-corrected chi connectivity index (χ4v) is 7.54. The van der Waals surface area contributed by atoms with Crippen LogP contribution < -0.4 is 5.32 Å². The number of hydrogen-bond acceptors (Lipinski definition) is 7. The minimum atomic E-state index is -4.59. The Bertz CT molecular complexity index is 1810. The number of alkyl halides is 3. The molecular weight excluding hydrogens is 549 g/mol. The summed E-state index contributed by atoms with van der Waals surface area (Å²) < 4.78 is 68.8. The number of aryl methyl sites for hydroxylation is 1. The topological polar surface area (TPSA) is 93.0 Å². The third-order valence-electron chi connectivity index (χ3n) is 6.56. The molecule has 0 bridgehead atoms. The molecule has 0 saturated heterocycles. The van der Waals surface area contributed by atoms with Gasteiger partial charge in [-0.2, -0.15) is 22.6 Å². The van der Waals surface area contributed by atoms with Crippen LogP contribution in [-0.2, 0) is 36.2 Å². The highest BCUT2D eigenvalue weighted by Crippen LogP contribution is 2.37. The molecule has 0 spiro atoms. The SMILES string of the molecule is Cn1nc(C(F)(F)F)cc1-c1ccc(S(=O)(=O)N2CCc3c(ccnc3Nc3cnc4ccccc4c3)C2)s1. The predicted octanol–water partition coefficient (Wildman–Crippen LogP) is 5.60. The van der Waals surface area contributed by atoms with Crippen LogP contribution in [-0.4, -0.2) is 39.0 Å². The van der Waals surface area contributed by atoms with Crippen LogP contribution in [0.15, 0.2) is 71.2 Å². The molecule has 0 radical (unpaired) electrons. The fraction of sp³-hybridized carbons (Fsp3) is 0.192. The second-order valence-corrected chi connectivity index (χ2v) is 12.3.